The maximum Gasteiger partial charge on any atom is 0.111 e. The fraction of sp³-hybridized carbons (Fsp3) is 0.562. The number of nitrogens with zero attached hydrogens (tertiary/aromatic N) is 1. The van der Waals surface area contributed by atoms with Gasteiger partial charge in [0.25, 0.3) is 0 Å². The fourth-order valence-corrected chi connectivity index (χ4v) is 3.25. The second-order valence-electron chi connectivity index (χ2n) is 6.57. The molecule has 2 N–H and O–H groups in total. The molecule has 2 rings (SSSR count). The lowest BCUT2D eigenvalue weighted by molar-refractivity contribution is 0.117. The Bertz CT molecular complexity index is 526. The maximum atomic E-state index is 10.0. The Balaban J connectivity index is 1.93. The monoisotopic (exact) mass is 292 g/mol. The molecule has 1 heterocycles. The first-order valence-electron chi connectivity index (χ1n) is 7.12. The van der Waals surface area contributed by atoms with Crippen LogP contribution in [0.5, 0.6) is 0 Å². The van der Waals surface area contributed by atoms with E-state index in [4.69, 9.17) is 0 Å². The Hall–Kier alpha value is -0.970. The van der Waals surface area contributed by atoms with Gasteiger partial charge in [-0.25, -0.2) is 4.98 Å². The molecule has 0 amide bonds. The number of hydrogen-bond donors (Lipinski definition) is 2. The largest absolute Gasteiger partial charge is 0.392 e. The number of para-hydroxylation sites is 1. The molecule has 3 nitrogen and oxygen atoms in total. The third-order valence-electron chi connectivity index (χ3n) is 3.19. The molecule has 2 aromatic rings. The van der Waals surface area contributed by atoms with Crippen LogP contribution in [0.4, 0.5) is 0 Å². The van der Waals surface area contributed by atoms with Crippen molar-refractivity contribution < 1.29 is 5.11 Å². The van der Waals surface area contributed by atoms with Crippen LogP contribution in [0.1, 0.15) is 45.2 Å². The zero-order valence-corrected chi connectivity index (χ0v) is 13.5. The third-order valence-corrected chi connectivity index (χ3v) is 4.41. The molecule has 0 aliphatic heterocycles. The molecule has 1 aromatic heterocycles. The first-order chi connectivity index (χ1) is 9.35. The smallest absolute Gasteiger partial charge is 0.111 e. The van der Waals surface area contributed by atoms with E-state index >= 15 is 0 Å². The standard InChI is InChI=1S/C16H24N2OS/c1-11(17-10-12(19)9-16(2,3)4)15-18-13-7-5-6-8-14(13)20-15/h5-8,11-12,17,19H,9-10H2,1-4H3. The van der Waals surface area contributed by atoms with Gasteiger partial charge in [-0.1, -0.05) is 32.9 Å². The Morgan fingerprint density at radius 1 is 1.30 bits per heavy atom. The normalized spacial score (nSPS) is 15.4. The molecule has 0 saturated carbocycles. The molecule has 1 aromatic carbocycles. The third kappa shape index (κ3) is 4.27. The first-order valence-corrected chi connectivity index (χ1v) is 7.94. The van der Waals surface area contributed by atoms with Gasteiger partial charge in [-0.3, -0.25) is 0 Å². The molecule has 0 fully saturated rings. The molecule has 110 valence electrons. The zero-order valence-electron chi connectivity index (χ0n) is 12.7. The van der Waals surface area contributed by atoms with Gasteiger partial charge in [0.05, 0.1) is 22.4 Å². The summed E-state index contributed by atoms with van der Waals surface area (Å²) < 4.78 is 1.21. The summed E-state index contributed by atoms with van der Waals surface area (Å²) in [5.74, 6) is 0. The molecule has 0 saturated heterocycles. The fourth-order valence-electron chi connectivity index (χ4n) is 2.25. The Morgan fingerprint density at radius 3 is 2.65 bits per heavy atom. The SMILES string of the molecule is CC(NCC(O)CC(C)(C)C)c1nc2ccccc2s1. The van der Waals surface area contributed by atoms with Crippen molar-refractivity contribution in [1.82, 2.24) is 10.3 Å². The maximum absolute atomic E-state index is 10.0. The van der Waals surface area contributed by atoms with Gasteiger partial charge in [0, 0.05) is 6.54 Å². The number of fused-ring (bicyclic) bond motifs is 1. The van der Waals surface area contributed by atoms with Crippen LogP contribution in [0.15, 0.2) is 24.3 Å². The van der Waals surface area contributed by atoms with Gasteiger partial charge in [0.15, 0.2) is 0 Å². The molecule has 2 atom stereocenters. The topological polar surface area (TPSA) is 45.1 Å². The highest BCUT2D eigenvalue weighted by Gasteiger charge is 2.18. The van der Waals surface area contributed by atoms with E-state index in [1.165, 1.54) is 4.70 Å². The molecule has 0 spiro atoms. The molecule has 4 heteroatoms. The van der Waals surface area contributed by atoms with E-state index < -0.39 is 0 Å². The number of thiazole rings is 1. The van der Waals surface area contributed by atoms with E-state index in [9.17, 15) is 5.11 Å². The highest BCUT2D eigenvalue weighted by Crippen LogP contribution is 2.26. The van der Waals surface area contributed by atoms with Crippen LogP contribution < -0.4 is 5.32 Å². The molecule has 0 aliphatic carbocycles. The lowest BCUT2D eigenvalue weighted by Gasteiger charge is -2.23. The Morgan fingerprint density at radius 2 is 2.00 bits per heavy atom. The van der Waals surface area contributed by atoms with Crippen molar-refractivity contribution in [1.29, 1.82) is 0 Å². The first kappa shape index (κ1) is 15.4. The van der Waals surface area contributed by atoms with Gasteiger partial charge in [0.1, 0.15) is 5.01 Å². The number of aromatic nitrogens is 1. The van der Waals surface area contributed by atoms with Crippen molar-refractivity contribution in [2.24, 2.45) is 5.41 Å². The van der Waals surface area contributed by atoms with Crippen LogP contribution in [0.2, 0.25) is 0 Å². The van der Waals surface area contributed by atoms with Gasteiger partial charge < -0.3 is 10.4 Å². The van der Waals surface area contributed by atoms with Crippen molar-refractivity contribution in [2.45, 2.75) is 46.3 Å². The van der Waals surface area contributed by atoms with Gasteiger partial charge in [0.2, 0.25) is 0 Å². The summed E-state index contributed by atoms with van der Waals surface area (Å²) >= 11 is 1.71. The van der Waals surface area contributed by atoms with Gasteiger partial charge in [-0.05, 0) is 30.9 Å². The number of hydrogen-bond acceptors (Lipinski definition) is 4. The van der Waals surface area contributed by atoms with Crippen LogP contribution in [0, 0.1) is 5.41 Å². The lowest BCUT2D eigenvalue weighted by atomic mass is 9.89. The molecule has 0 bridgehead atoms. The molecular formula is C16H24N2OS. The number of rotatable bonds is 5. The number of benzene rings is 1. The van der Waals surface area contributed by atoms with Gasteiger partial charge >= 0.3 is 0 Å². The number of aliphatic hydroxyl groups is 1. The van der Waals surface area contributed by atoms with Crippen molar-refractivity contribution in [3.8, 4) is 0 Å². The summed E-state index contributed by atoms with van der Waals surface area (Å²) in [7, 11) is 0. The van der Waals surface area contributed by atoms with Crippen LogP contribution in [-0.4, -0.2) is 22.7 Å². The summed E-state index contributed by atoms with van der Waals surface area (Å²) in [6, 6.07) is 8.35. The molecule has 0 aliphatic rings. The average molecular weight is 292 g/mol. The minimum Gasteiger partial charge on any atom is -0.392 e. The van der Waals surface area contributed by atoms with Gasteiger partial charge in [-0.2, -0.15) is 0 Å². The van der Waals surface area contributed by atoms with Crippen molar-refractivity contribution in [2.75, 3.05) is 6.54 Å². The number of nitrogens with one attached hydrogen (secondary N) is 1. The van der Waals surface area contributed by atoms with E-state index in [0.717, 1.165) is 16.9 Å². The highest BCUT2D eigenvalue weighted by atomic mass is 32.1. The summed E-state index contributed by atoms with van der Waals surface area (Å²) in [6.07, 6.45) is 0.485. The predicted molar refractivity (Wildman–Crippen MR) is 86.1 cm³/mol. The highest BCUT2D eigenvalue weighted by molar-refractivity contribution is 7.18. The Labute approximate surface area is 125 Å². The minimum absolute atomic E-state index is 0.153. The number of aliphatic hydroxyl groups excluding tert-OH is 1. The molecule has 0 radical (unpaired) electrons. The van der Waals surface area contributed by atoms with E-state index in [0.29, 0.717) is 6.54 Å². The molecule has 20 heavy (non-hydrogen) atoms. The second-order valence-corrected chi connectivity index (χ2v) is 7.63. The molecule has 2 unspecified atom stereocenters. The Kier molecular flexibility index (Phi) is 4.78. The summed E-state index contributed by atoms with van der Waals surface area (Å²) in [5.41, 5.74) is 1.21. The summed E-state index contributed by atoms with van der Waals surface area (Å²) in [5, 5.41) is 14.5. The zero-order chi connectivity index (χ0) is 14.8. The predicted octanol–water partition coefficient (Wildman–Crippen LogP) is 3.74. The van der Waals surface area contributed by atoms with Crippen molar-refractivity contribution in [3.63, 3.8) is 0 Å². The quantitative estimate of drug-likeness (QED) is 0.882. The summed E-state index contributed by atoms with van der Waals surface area (Å²) in [6.45, 7) is 9.14. The minimum atomic E-state index is -0.313. The van der Waals surface area contributed by atoms with Crippen LogP contribution >= 0.6 is 11.3 Å². The van der Waals surface area contributed by atoms with E-state index in [-0.39, 0.29) is 17.6 Å². The van der Waals surface area contributed by atoms with Gasteiger partial charge in [-0.15, -0.1) is 11.3 Å². The van der Waals surface area contributed by atoms with E-state index in [1.807, 2.05) is 18.2 Å². The van der Waals surface area contributed by atoms with Crippen LogP contribution in [0.3, 0.4) is 0 Å². The van der Waals surface area contributed by atoms with Crippen molar-refractivity contribution >= 4 is 21.6 Å². The second kappa shape index (κ2) is 6.20. The van der Waals surface area contributed by atoms with Crippen LogP contribution in [0.25, 0.3) is 10.2 Å². The summed E-state index contributed by atoms with van der Waals surface area (Å²) in [4.78, 5) is 4.64. The van der Waals surface area contributed by atoms with Crippen molar-refractivity contribution in [3.05, 3.63) is 29.3 Å². The van der Waals surface area contributed by atoms with E-state index in [2.05, 4.69) is 44.1 Å². The van der Waals surface area contributed by atoms with Crippen LogP contribution in [-0.2, 0) is 0 Å². The lowest BCUT2D eigenvalue weighted by Crippen LogP contribution is -2.31. The van der Waals surface area contributed by atoms with E-state index in [1.54, 1.807) is 11.3 Å². The molecular weight excluding hydrogens is 268 g/mol. The average Bonchev–Trinajstić information content (AvgIpc) is 2.77.